The van der Waals surface area contributed by atoms with Gasteiger partial charge in [0.05, 0.1) is 22.7 Å². The van der Waals surface area contributed by atoms with Crippen molar-refractivity contribution in [2.24, 2.45) is 0 Å². The summed E-state index contributed by atoms with van der Waals surface area (Å²) in [6, 6.07) is 22.3. The van der Waals surface area contributed by atoms with Crippen molar-refractivity contribution in [3.63, 3.8) is 0 Å². The van der Waals surface area contributed by atoms with Gasteiger partial charge in [0, 0.05) is 5.69 Å². The molecule has 0 atom stereocenters. The van der Waals surface area contributed by atoms with Crippen LogP contribution in [-0.2, 0) is 5.60 Å². The first-order valence-electron chi connectivity index (χ1n) is 10.5. The third kappa shape index (κ3) is 4.86. The zero-order chi connectivity index (χ0) is 22.0. The molecule has 0 radical (unpaired) electrons. The maximum atomic E-state index is 10.1. The second-order valence-electron chi connectivity index (χ2n) is 8.54. The number of hydrogen-bond donors (Lipinski definition) is 1. The maximum absolute atomic E-state index is 10.1. The van der Waals surface area contributed by atoms with E-state index in [1.54, 1.807) is 13.8 Å². The minimum absolute atomic E-state index is 0.158. The fourth-order valence-corrected chi connectivity index (χ4v) is 3.49. The molecule has 0 aliphatic carbocycles. The molecule has 1 N–H and O–H groups in total. The lowest BCUT2D eigenvalue weighted by Gasteiger charge is -2.17. The van der Waals surface area contributed by atoms with Crippen LogP contribution in [0, 0.1) is 0 Å². The van der Waals surface area contributed by atoms with Crippen molar-refractivity contribution in [3.8, 4) is 11.4 Å². The number of nitrogens with zero attached hydrogens (tertiary/aromatic N) is 2. The molecule has 158 valence electrons. The highest BCUT2D eigenvalue weighted by atomic mass is 16.5. The third-order valence-electron chi connectivity index (χ3n) is 5.14. The molecule has 0 fully saturated rings. The van der Waals surface area contributed by atoms with Crippen LogP contribution >= 0.6 is 0 Å². The van der Waals surface area contributed by atoms with Gasteiger partial charge in [-0.3, -0.25) is 4.57 Å². The molecule has 0 amide bonds. The zero-order valence-electron chi connectivity index (χ0n) is 18.4. The quantitative estimate of drug-likeness (QED) is 0.383. The predicted molar refractivity (Wildman–Crippen MR) is 127 cm³/mol. The van der Waals surface area contributed by atoms with Gasteiger partial charge in [0.2, 0.25) is 0 Å². The SMILES string of the molecule is CC(C)Oc1ccc(-n2cnc3cc(/C=C/c4ccc(C(C)(C)O)cc4)ccc32)cc1. The molecule has 0 unspecified atom stereocenters. The second kappa shape index (κ2) is 8.40. The molecule has 0 aliphatic rings. The van der Waals surface area contributed by atoms with E-state index in [1.807, 2.05) is 68.7 Å². The van der Waals surface area contributed by atoms with Crippen LogP contribution < -0.4 is 4.74 Å². The average Bonchev–Trinajstić information content (AvgIpc) is 3.15. The van der Waals surface area contributed by atoms with Gasteiger partial charge in [0.1, 0.15) is 12.1 Å². The first-order valence-corrected chi connectivity index (χ1v) is 10.5. The van der Waals surface area contributed by atoms with Crippen molar-refractivity contribution < 1.29 is 9.84 Å². The average molecular weight is 413 g/mol. The Morgan fingerprint density at radius 1 is 0.903 bits per heavy atom. The highest BCUT2D eigenvalue weighted by Crippen LogP contribution is 2.24. The van der Waals surface area contributed by atoms with Gasteiger partial charge in [-0.25, -0.2) is 4.98 Å². The summed E-state index contributed by atoms with van der Waals surface area (Å²) in [4.78, 5) is 4.59. The van der Waals surface area contributed by atoms with Gasteiger partial charge in [-0.15, -0.1) is 0 Å². The highest BCUT2D eigenvalue weighted by Gasteiger charge is 2.14. The highest BCUT2D eigenvalue weighted by molar-refractivity contribution is 5.82. The van der Waals surface area contributed by atoms with E-state index in [2.05, 4.69) is 39.9 Å². The van der Waals surface area contributed by atoms with E-state index in [0.717, 1.165) is 39.2 Å². The smallest absolute Gasteiger partial charge is 0.119 e. The number of ether oxygens (including phenoxy) is 1. The van der Waals surface area contributed by atoms with Crippen LogP contribution in [-0.4, -0.2) is 20.8 Å². The Kier molecular flexibility index (Phi) is 5.66. The Bertz CT molecular complexity index is 1190. The van der Waals surface area contributed by atoms with E-state index >= 15 is 0 Å². The first-order chi connectivity index (χ1) is 14.8. The Morgan fingerprint density at radius 2 is 1.55 bits per heavy atom. The lowest BCUT2D eigenvalue weighted by molar-refractivity contribution is 0.0786. The summed E-state index contributed by atoms with van der Waals surface area (Å²) >= 11 is 0. The Balaban J connectivity index is 1.54. The molecule has 0 spiro atoms. The first kappa shape index (κ1) is 20.9. The minimum Gasteiger partial charge on any atom is -0.491 e. The molecule has 0 saturated heterocycles. The molecule has 1 aromatic heterocycles. The fraction of sp³-hybridized carbons (Fsp3) is 0.222. The summed E-state index contributed by atoms with van der Waals surface area (Å²) in [6.07, 6.45) is 6.16. The van der Waals surface area contributed by atoms with E-state index < -0.39 is 5.60 Å². The summed E-state index contributed by atoms with van der Waals surface area (Å²) in [5.41, 5.74) is 5.31. The maximum Gasteiger partial charge on any atom is 0.119 e. The third-order valence-corrected chi connectivity index (χ3v) is 5.14. The Morgan fingerprint density at radius 3 is 2.19 bits per heavy atom. The molecular weight excluding hydrogens is 384 g/mol. The normalized spacial score (nSPS) is 12.2. The molecule has 4 aromatic rings. The Labute approximate surface area is 183 Å². The Hall–Kier alpha value is -3.37. The number of hydrogen-bond acceptors (Lipinski definition) is 3. The summed E-state index contributed by atoms with van der Waals surface area (Å²) in [5, 5.41) is 10.1. The fourth-order valence-electron chi connectivity index (χ4n) is 3.49. The molecule has 1 heterocycles. The molecule has 4 rings (SSSR count). The molecule has 3 aromatic carbocycles. The number of imidazole rings is 1. The van der Waals surface area contributed by atoms with Crippen molar-refractivity contribution in [2.75, 3.05) is 0 Å². The molecule has 0 bridgehead atoms. The van der Waals surface area contributed by atoms with Gasteiger partial charge >= 0.3 is 0 Å². The molecule has 0 aliphatic heterocycles. The van der Waals surface area contributed by atoms with Crippen LogP contribution in [0.2, 0.25) is 0 Å². The van der Waals surface area contributed by atoms with Gasteiger partial charge in [-0.2, -0.15) is 0 Å². The number of aromatic nitrogens is 2. The van der Waals surface area contributed by atoms with Crippen molar-refractivity contribution >= 4 is 23.2 Å². The standard InChI is InChI=1S/C27H28N2O2/c1-19(2)31-24-14-12-23(13-15-24)29-18-28-25-17-21(9-16-26(25)29)6-5-20-7-10-22(11-8-20)27(3,4)30/h5-19,30H,1-4H3/b6-5+. The minimum atomic E-state index is -0.826. The van der Waals surface area contributed by atoms with Crippen LogP contribution in [0.25, 0.3) is 28.9 Å². The van der Waals surface area contributed by atoms with Gasteiger partial charge in [0.25, 0.3) is 0 Å². The lowest BCUT2D eigenvalue weighted by Crippen LogP contribution is -2.14. The molecule has 4 nitrogen and oxygen atoms in total. The topological polar surface area (TPSA) is 47.3 Å². The molecule has 31 heavy (non-hydrogen) atoms. The van der Waals surface area contributed by atoms with E-state index in [-0.39, 0.29) is 6.10 Å². The molecular formula is C27H28N2O2. The van der Waals surface area contributed by atoms with Crippen LogP contribution in [0.4, 0.5) is 0 Å². The summed E-state index contributed by atoms with van der Waals surface area (Å²) < 4.78 is 7.81. The number of fused-ring (bicyclic) bond motifs is 1. The summed E-state index contributed by atoms with van der Waals surface area (Å²) in [5.74, 6) is 0.867. The van der Waals surface area contributed by atoms with Crippen molar-refractivity contribution in [1.82, 2.24) is 9.55 Å². The van der Waals surface area contributed by atoms with E-state index in [1.165, 1.54) is 0 Å². The number of benzene rings is 3. The van der Waals surface area contributed by atoms with Crippen molar-refractivity contribution in [1.29, 1.82) is 0 Å². The predicted octanol–water partition coefficient (Wildman–Crippen LogP) is 6.21. The van der Waals surface area contributed by atoms with Gasteiger partial charge in [-0.1, -0.05) is 42.5 Å². The zero-order valence-corrected chi connectivity index (χ0v) is 18.4. The van der Waals surface area contributed by atoms with Crippen LogP contribution in [0.15, 0.2) is 73.1 Å². The van der Waals surface area contributed by atoms with E-state index in [9.17, 15) is 5.11 Å². The number of aliphatic hydroxyl groups is 1. The van der Waals surface area contributed by atoms with Gasteiger partial charge < -0.3 is 9.84 Å². The van der Waals surface area contributed by atoms with E-state index in [0.29, 0.717) is 0 Å². The van der Waals surface area contributed by atoms with Crippen LogP contribution in [0.3, 0.4) is 0 Å². The molecule has 0 saturated carbocycles. The summed E-state index contributed by atoms with van der Waals surface area (Å²) in [6.45, 7) is 7.63. The van der Waals surface area contributed by atoms with Gasteiger partial charge in [-0.05, 0) is 80.8 Å². The lowest BCUT2D eigenvalue weighted by atomic mass is 9.97. The van der Waals surface area contributed by atoms with E-state index in [4.69, 9.17) is 4.74 Å². The number of rotatable bonds is 6. The van der Waals surface area contributed by atoms with Crippen LogP contribution in [0.1, 0.15) is 44.4 Å². The monoisotopic (exact) mass is 412 g/mol. The van der Waals surface area contributed by atoms with Crippen molar-refractivity contribution in [2.45, 2.75) is 39.4 Å². The van der Waals surface area contributed by atoms with Gasteiger partial charge in [0.15, 0.2) is 0 Å². The van der Waals surface area contributed by atoms with Crippen molar-refractivity contribution in [3.05, 3.63) is 89.7 Å². The summed E-state index contributed by atoms with van der Waals surface area (Å²) in [7, 11) is 0. The van der Waals surface area contributed by atoms with Crippen LogP contribution in [0.5, 0.6) is 5.75 Å². The largest absolute Gasteiger partial charge is 0.491 e. The molecule has 4 heteroatoms. The second-order valence-corrected chi connectivity index (χ2v) is 8.54.